The maximum Gasteiger partial charge on any atom is 0.273 e. The predicted molar refractivity (Wildman–Crippen MR) is 84.1 cm³/mol. The molecule has 0 spiro atoms. The Morgan fingerprint density at radius 1 is 1.48 bits per heavy atom. The summed E-state index contributed by atoms with van der Waals surface area (Å²) in [5.41, 5.74) is 1.76. The van der Waals surface area contributed by atoms with Gasteiger partial charge in [-0.3, -0.25) is 10.1 Å². The molecule has 0 aliphatic carbocycles. The van der Waals surface area contributed by atoms with E-state index < -0.39 is 0 Å². The van der Waals surface area contributed by atoms with Crippen LogP contribution in [0.2, 0.25) is 0 Å². The molecule has 1 heterocycles. The maximum absolute atomic E-state index is 11.1. The van der Waals surface area contributed by atoms with Gasteiger partial charge >= 0.3 is 0 Å². The van der Waals surface area contributed by atoms with Gasteiger partial charge in [-0.05, 0) is 25.8 Å². The van der Waals surface area contributed by atoms with Gasteiger partial charge < -0.3 is 15.0 Å². The van der Waals surface area contributed by atoms with Crippen LogP contribution in [-0.4, -0.2) is 37.3 Å². The molecular formula is C15H23N3O3. The van der Waals surface area contributed by atoms with E-state index in [0.717, 1.165) is 37.4 Å². The quantitative estimate of drug-likeness (QED) is 0.645. The van der Waals surface area contributed by atoms with Crippen LogP contribution in [0.25, 0.3) is 0 Å². The molecule has 1 aliphatic rings. The summed E-state index contributed by atoms with van der Waals surface area (Å²) in [7, 11) is 1.97. The second-order valence-electron chi connectivity index (χ2n) is 5.46. The fourth-order valence-corrected chi connectivity index (χ4v) is 2.70. The highest BCUT2D eigenvalue weighted by Gasteiger charge is 2.28. The molecule has 6 nitrogen and oxygen atoms in total. The molecule has 1 saturated heterocycles. The molecule has 2 unspecified atom stereocenters. The number of non-ortho nitro benzene ring substituents is 1. The number of anilines is 2. The van der Waals surface area contributed by atoms with E-state index in [-0.39, 0.29) is 22.8 Å². The summed E-state index contributed by atoms with van der Waals surface area (Å²) in [5, 5.41) is 14.3. The van der Waals surface area contributed by atoms with Crippen molar-refractivity contribution >= 4 is 17.1 Å². The zero-order valence-electron chi connectivity index (χ0n) is 12.8. The molecule has 2 rings (SSSR count). The summed E-state index contributed by atoms with van der Waals surface area (Å²) in [5.74, 6) is 0. The number of nitro benzene ring substituents is 1. The van der Waals surface area contributed by atoms with Crippen LogP contribution < -0.4 is 10.2 Å². The number of nitrogens with one attached hydrogen (secondary N) is 1. The lowest BCUT2D eigenvalue weighted by molar-refractivity contribution is -0.384. The fourth-order valence-electron chi connectivity index (χ4n) is 2.70. The van der Waals surface area contributed by atoms with Crippen LogP contribution in [0.15, 0.2) is 18.2 Å². The molecule has 1 aliphatic heterocycles. The topological polar surface area (TPSA) is 67.6 Å². The number of likely N-dealkylation sites (N-methyl/N-ethyl adjacent to an activating group) is 1. The van der Waals surface area contributed by atoms with Gasteiger partial charge in [0.05, 0.1) is 17.1 Å². The van der Waals surface area contributed by atoms with Gasteiger partial charge in [-0.1, -0.05) is 6.92 Å². The molecule has 0 amide bonds. The van der Waals surface area contributed by atoms with E-state index in [9.17, 15) is 10.1 Å². The van der Waals surface area contributed by atoms with Gasteiger partial charge in [0.25, 0.3) is 5.69 Å². The van der Waals surface area contributed by atoms with Gasteiger partial charge in [-0.15, -0.1) is 0 Å². The highest BCUT2D eigenvalue weighted by atomic mass is 16.6. The Morgan fingerprint density at radius 2 is 2.24 bits per heavy atom. The average molecular weight is 293 g/mol. The molecule has 116 valence electrons. The number of nitrogens with zero attached hydrogens (tertiary/aromatic N) is 2. The molecule has 0 saturated carbocycles. The van der Waals surface area contributed by atoms with Gasteiger partial charge in [-0.25, -0.2) is 0 Å². The normalized spacial score (nSPS) is 21.3. The minimum Gasteiger partial charge on any atom is -0.385 e. The summed E-state index contributed by atoms with van der Waals surface area (Å²) < 4.78 is 5.59. The van der Waals surface area contributed by atoms with Crippen molar-refractivity contribution in [1.82, 2.24) is 0 Å². The molecule has 2 atom stereocenters. The first-order chi connectivity index (χ1) is 10.0. The van der Waals surface area contributed by atoms with Crippen molar-refractivity contribution in [1.29, 1.82) is 0 Å². The Bertz CT molecular complexity index is 507. The van der Waals surface area contributed by atoms with Crippen LogP contribution in [0.4, 0.5) is 17.1 Å². The molecule has 21 heavy (non-hydrogen) atoms. The number of ether oxygens (including phenoxy) is 1. The van der Waals surface area contributed by atoms with Gasteiger partial charge in [0.1, 0.15) is 0 Å². The molecule has 1 fully saturated rings. The zero-order valence-corrected chi connectivity index (χ0v) is 12.8. The van der Waals surface area contributed by atoms with Crippen molar-refractivity contribution in [2.45, 2.75) is 38.8 Å². The maximum atomic E-state index is 11.1. The summed E-state index contributed by atoms with van der Waals surface area (Å²) >= 11 is 0. The Labute approximate surface area is 125 Å². The SMILES string of the molecule is CCCNc1cc(N(C)C2CCOC2C)cc([N+](=O)[O-])c1. The van der Waals surface area contributed by atoms with E-state index in [1.807, 2.05) is 20.0 Å². The Kier molecular flexibility index (Phi) is 5.01. The van der Waals surface area contributed by atoms with Crippen molar-refractivity contribution in [2.24, 2.45) is 0 Å². The number of nitro groups is 1. The van der Waals surface area contributed by atoms with Crippen LogP contribution in [0, 0.1) is 10.1 Å². The second-order valence-corrected chi connectivity index (χ2v) is 5.46. The molecular weight excluding hydrogens is 270 g/mol. The largest absolute Gasteiger partial charge is 0.385 e. The third-order valence-electron chi connectivity index (χ3n) is 3.93. The van der Waals surface area contributed by atoms with Gasteiger partial charge in [0.2, 0.25) is 0 Å². The number of hydrogen-bond acceptors (Lipinski definition) is 5. The lowest BCUT2D eigenvalue weighted by atomic mass is 10.1. The van der Waals surface area contributed by atoms with Gasteiger partial charge in [0.15, 0.2) is 0 Å². The standard InChI is InChI=1S/C15H23N3O3/c1-4-6-16-12-8-13(10-14(9-12)18(19)20)17(3)15-5-7-21-11(15)2/h8-11,15-16H,4-7H2,1-3H3. The number of benzene rings is 1. The summed E-state index contributed by atoms with van der Waals surface area (Å²) in [4.78, 5) is 12.9. The van der Waals surface area contributed by atoms with Gasteiger partial charge in [0, 0.05) is 43.7 Å². The van der Waals surface area contributed by atoms with E-state index in [1.165, 1.54) is 0 Å². The van der Waals surface area contributed by atoms with Crippen LogP contribution in [-0.2, 0) is 4.74 Å². The van der Waals surface area contributed by atoms with Crippen molar-refractivity contribution in [3.8, 4) is 0 Å². The zero-order chi connectivity index (χ0) is 15.4. The first-order valence-corrected chi connectivity index (χ1v) is 7.40. The van der Waals surface area contributed by atoms with Crippen molar-refractivity contribution in [3.05, 3.63) is 28.3 Å². The van der Waals surface area contributed by atoms with Crippen LogP contribution >= 0.6 is 0 Å². The van der Waals surface area contributed by atoms with E-state index in [0.29, 0.717) is 0 Å². The molecule has 1 aromatic rings. The summed E-state index contributed by atoms with van der Waals surface area (Å²) in [6.07, 6.45) is 2.06. The van der Waals surface area contributed by atoms with Crippen molar-refractivity contribution in [2.75, 3.05) is 30.4 Å². The first-order valence-electron chi connectivity index (χ1n) is 7.40. The molecule has 6 heteroatoms. The minimum absolute atomic E-state index is 0.115. The smallest absolute Gasteiger partial charge is 0.273 e. The molecule has 0 aromatic heterocycles. The fraction of sp³-hybridized carbons (Fsp3) is 0.600. The van der Waals surface area contributed by atoms with Crippen LogP contribution in [0.1, 0.15) is 26.7 Å². The molecule has 1 N–H and O–H groups in total. The van der Waals surface area contributed by atoms with E-state index in [4.69, 9.17) is 4.74 Å². The molecule has 0 bridgehead atoms. The minimum atomic E-state index is -0.344. The third-order valence-corrected chi connectivity index (χ3v) is 3.93. The summed E-state index contributed by atoms with van der Waals surface area (Å²) in [6, 6.07) is 5.43. The molecule has 1 aromatic carbocycles. The summed E-state index contributed by atoms with van der Waals surface area (Å²) in [6.45, 7) is 5.65. The van der Waals surface area contributed by atoms with E-state index in [1.54, 1.807) is 12.1 Å². The predicted octanol–water partition coefficient (Wildman–Crippen LogP) is 3.03. The Morgan fingerprint density at radius 3 is 2.81 bits per heavy atom. The number of rotatable bonds is 6. The van der Waals surface area contributed by atoms with Crippen LogP contribution in [0.5, 0.6) is 0 Å². The molecule has 0 radical (unpaired) electrons. The Hall–Kier alpha value is -1.82. The Balaban J connectivity index is 2.28. The second kappa shape index (κ2) is 6.76. The van der Waals surface area contributed by atoms with E-state index >= 15 is 0 Å². The van der Waals surface area contributed by atoms with Gasteiger partial charge in [-0.2, -0.15) is 0 Å². The van der Waals surface area contributed by atoms with Crippen molar-refractivity contribution in [3.63, 3.8) is 0 Å². The van der Waals surface area contributed by atoms with Crippen molar-refractivity contribution < 1.29 is 9.66 Å². The first kappa shape index (κ1) is 15.6. The third kappa shape index (κ3) is 3.64. The lowest BCUT2D eigenvalue weighted by Gasteiger charge is -2.29. The lowest BCUT2D eigenvalue weighted by Crippen LogP contribution is -2.36. The van der Waals surface area contributed by atoms with Crippen LogP contribution in [0.3, 0.4) is 0 Å². The van der Waals surface area contributed by atoms with E-state index in [2.05, 4.69) is 17.1 Å². The number of hydrogen-bond donors (Lipinski definition) is 1. The highest BCUT2D eigenvalue weighted by molar-refractivity contribution is 5.64. The average Bonchev–Trinajstić information content (AvgIpc) is 2.90. The highest BCUT2D eigenvalue weighted by Crippen LogP contribution is 2.30. The monoisotopic (exact) mass is 293 g/mol.